The van der Waals surface area contributed by atoms with Crippen molar-refractivity contribution in [2.45, 2.75) is 13.0 Å². The van der Waals surface area contributed by atoms with Crippen LogP contribution >= 0.6 is 0 Å². The summed E-state index contributed by atoms with van der Waals surface area (Å²) in [6, 6.07) is 9.14. The first-order valence-corrected chi connectivity index (χ1v) is 7.11. The summed E-state index contributed by atoms with van der Waals surface area (Å²) in [6.45, 7) is 1.56. The standard InChI is InChI=1S/C16H18N2O4/c1-18(10-13-3-2-8-20-13)7-6-16(19)17-12-4-5-14-15(9-12)22-11-21-14/h2-5,8-9H,6-7,10-11H2,1H3,(H,17,19). The fourth-order valence-corrected chi connectivity index (χ4v) is 2.24. The second kappa shape index (κ2) is 6.53. The monoisotopic (exact) mass is 302 g/mol. The molecule has 0 unspecified atom stereocenters. The van der Waals surface area contributed by atoms with E-state index in [1.54, 1.807) is 24.5 Å². The average Bonchev–Trinajstić information content (AvgIpc) is 3.15. The van der Waals surface area contributed by atoms with E-state index in [0.717, 1.165) is 5.76 Å². The fourth-order valence-electron chi connectivity index (χ4n) is 2.24. The van der Waals surface area contributed by atoms with Crippen LogP contribution in [-0.4, -0.2) is 31.2 Å². The normalized spacial score (nSPS) is 12.6. The van der Waals surface area contributed by atoms with E-state index in [1.165, 1.54) is 0 Å². The number of hydrogen-bond acceptors (Lipinski definition) is 5. The van der Waals surface area contributed by atoms with Crippen LogP contribution in [0.1, 0.15) is 12.2 Å². The minimum atomic E-state index is -0.0369. The van der Waals surface area contributed by atoms with Crippen LogP contribution in [0.2, 0.25) is 0 Å². The molecule has 1 aromatic carbocycles. The summed E-state index contributed by atoms with van der Waals surface area (Å²) in [5, 5.41) is 2.86. The van der Waals surface area contributed by atoms with Gasteiger partial charge in [0, 0.05) is 24.7 Å². The zero-order chi connectivity index (χ0) is 15.4. The second-order valence-electron chi connectivity index (χ2n) is 5.18. The summed E-state index contributed by atoms with van der Waals surface area (Å²) in [7, 11) is 1.95. The van der Waals surface area contributed by atoms with E-state index in [-0.39, 0.29) is 12.7 Å². The largest absolute Gasteiger partial charge is 0.468 e. The zero-order valence-corrected chi connectivity index (χ0v) is 12.4. The van der Waals surface area contributed by atoms with E-state index < -0.39 is 0 Å². The van der Waals surface area contributed by atoms with Gasteiger partial charge >= 0.3 is 0 Å². The van der Waals surface area contributed by atoms with Crippen LogP contribution in [0.5, 0.6) is 11.5 Å². The number of hydrogen-bond donors (Lipinski definition) is 1. The van der Waals surface area contributed by atoms with Crippen LogP contribution in [0.3, 0.4) is 0 Å². The summed E-state index contributed by atoms with van der Waals surface area (Å²) in [4.78, 5) is 14.0. The van der Waals surface area contributed by atoms with Gasteiger partial charge in [0.2, 0.25) is 12.7 Å². The molecule has 3 rings (SSSR count). The number of nitrogens with zero attached hydrogens (tertiary/aromatic N) is 1. The second-order valence-corrected chi connectivity index (χ2v) is 5.18. The number of furan rings is 1. The van der Waals surface area contributed by atoms with E-state index in [0.29, 0.717) is 36.7 Å². The van der Waals surface area contributed by atoms with Gasteiger partial charge in [0.05, 0.1) is 12.8 Å². The van der Waals surface area contributed by atoms with Crippen LogP contribution in [-0.2, 0) is 11.3 Å². The minimum Gasteiger partial charge on any atom is -0.468 e. The predicted molar refractivity (Wildman–Crippen MR) is 80.9 cm³/mol. The molecule has 1 aliphatic heterocycles. The molecule has 0 saturated heterocycles. The van der Waals surface area contributed by atoms with Gasteiger partial charge in [-0.25, -0.2) is 0 Å². The minimum absolute atomic E-state index is 0.0369. The van der Waals surface area contributed by atoms with Crippen molar-refractivity contribution in [3.8, 4) is 11.5 Å². The highest BCUT2D eigenvalue weighted by atomic mass is 16.7. The summed E-state index contributed by atoms with van der Waals surface area (Å²) in [6.07, 6.45) is 2.06. The molecule has 0 fully saturated rings. The van der Waals surface area contributed by atoms with Gasteiger partial charge in [0.15, 0.2) is 11.5 Å². The molecule has 0 spiro atoms. The van der Waals surface area contributed by atoms with Crippen LogP contribution < -0.4 is 14.8 Å². The smallest absolute Gasteiger partial charge is 0.231 e. The Morgan fingerprint density at radius 3 is 2.95 bits per heavy atom. The molecular formula is C16H18N2O4. The predicted octanol–water partition coefficient (Wildman–Crippen LogP) is 2.47. The Morgan fingerprint density at radius 2 is 2.14 bits per heavy atom. The van der Waals surface area contributed by atoms with Crippen molar-refractivity contribution in [2.75, 3.05) is 25.7 Å². The first-order valence-electron chi connectivity index (χ1n) is 7.11. The maximum absolute atomic E-state index is 12.0. The molecule has 2 heterocycles. The number of benzene rings is 1. The lowest BCUT2D eigenvalue weighted by molar-refractivity contribution is -0.116. The van der Waals surface area contributed by atoms with Crippen molar-refractivity contribution in [3.05, 3.63) is 42.4 Å². The number of nitrogens with one attached hydrogen (secondary N) is 1. The summed E-state index contributed by atoms with van der Waals surface area (Å²) >= 11 is 0. The third kappa shape index (κ3) is 3.59. The van der Waals surface area contributed by atoms with Gasteiger partial charge < -0.3 is 19.2 Å². The fraction of sp³-hybridized carbons (Fsp3) is 0.312. The van der Waals surface area contributed by atoms with Gasteiger partial charge in [0.25, 0.3) is 0 Å². The number of fused-ring (bicyclic) bond motifs is 1. The molecule has 22 heavy (non-hydrogen) atoms. The van der Waals surface area contributed by atoms with E-state index in [9.17, 15) is 4.79 Å². The molecular weight excluding hydrogens is 284 g/mol. The van der Waals surface area contributed by atoms with Crippen molar-refractivity contribution in [2.24, 2.45) is 0 Å². The molecule has 0 bridgehead atoms. The highest BCUT2D eigenvalue weighted by Gasteiger charge is 2.14. The molecule has 2 aromatic rings. The Morgan fingerprint density at radius 1 is 1.27 bits per heavy atom. The molecule has 0 aliphatic carbocycles. The Hall–Kier alpha value is -2.47. The number of carbonyl (C=O) groups is 1. The molecule has 1 N–H and O–H groups in total. The first-order chi connectivity index (χ1) is 10.7. The van der Waals surface area contributed by atoms with Crippen molar-refractivity contribution < 1.29 is 18.7 Å². The number of rotatable bonds is 6. The molecule has 6 heteroatoms. The highest BCUT2D eigenvalue weighted by molar-refractivity contribution is 5.91. The van der Waals surface area contributed by atoms with Gasteiger partial charge in [0.1, 0.15) is 5.76 Å². The van der Waals surface area contributed by atoms with Crippen molar-refractivity contribution >= 4 is 11.6 Å². The van der Waals surface area contributed by atoms with Crippen LogP contribution in [0.15, 0.2) is 41.0 Å². The maximum Gasteiger partial charge on any atom is 0.231 e. The van der Waals surface area contributed by atoms with E-state index in [4.69, 9.17) is 13.9 Å². The SMILES string of the molecule is CN(CCC(=O)Nc1ccc2c(c1)OCO2)Cc1ccco1. The van der Waals surface area contributed by atoms with Crippen LogP contribution in [0.4, 0.5) is 5.69 Å². The van der Waals surface area contributed by atoms with Crippen molar-refractivity contribution in [3.63, 3.8) is 0 Å². The lowest BCUT2D eigenvalue weighted by atomic mass is 10.2. The molecule has 1 amide bonds. The molecule has 116 valence electrons. The van der Waals surface area contributed by atoms with Crippen LogP contribution in [0.25, 0.3) is 0 Å². The maximum atomic E-state index is 12.0. The lowest BCUT2D eigenvalue weighted by Gasteiger charge is -2.14. The lowest BCUT2D eigenvalue weighted by Crippen LogP contribution is -2.23. The summed E-state index contributed by atoms with van der Waals surface area (Å²) in [5.41, 5.74) is 0.711. The molecule has 1 aromatic heterocycles. The Labute approximate surface area is 128 Å². The molecule has 0 saturated carbocycles. The van der Waals surface area contributed by atoms with Gasteiger partial charge in [-0.2, -0.15) is 0 Å². The van der Waals surface area contributed by atoms with Gasteiger partial charge in [-0.1, -0.05) is 0 Å². The molecule has 0 atom stereocenters. The summed E-state index contributed by atoms with van der Waals surface area (Å²) < 4.78 is 15.8. The first kappa shape index (κ1) is 14.5. The van der Waals surface area contributed by atoms with Gasteiger partial charge in [-0.05, 0) is 31.3 Å². The number of anilines is 1. The summed E-state index contributed by atoms with van der Waals surface area (Å²) in [5.74, 6) is 2.22. The average molecular weight is 302 g/mol. The topological polar surface area (TPSA) is 63.9 Å². The van der Waals surface area contributed by atoms with Gasteiger partial charge in [-0.15, -0.1) is 0 Å². The Kier molecular flexibility index (Phi) is 4.29. The number of carbonyl (C=O) groups excluding carboxylic acids is 1. The molecule has 6 nitrogen and oxygen atoms in total. The zero-order valence-electron chi connectivity index (χ0n) is 12.4. The number of ether oxygens (including phenoxy) is 2. The van der Waals surface area contributed by atoms with Gasteiger partial charge in [-0.3, -0.25) is 9.69 Å². The Balaban J connectivity index is 1.46. The third-order valence-corrected chi connectivity index (χ3v) is 3.38. The van der Waals surface area contributed by atoms with E-state index in [2.05, 4.69) is 5.32 Å². The van der Waals surface area contributed by atoms with Crippen molar-refractivity contribution in [1.82, 2.24) is 4.90 Å². The van der Waals surface area contributed by atoms with E-state index in [1.807, 2.05) is 24.1 Å². The quantitative estimate of drug-likeness (QED) is 0.888. The van der Waals surface area contributed by atoms with E-state index >= 15 is 0 Å². The molecule has 1 aliphatic rings. The number of amides is 1. The third-order valence-electron chi connectivity index (χ3n) is 3.38. The highest BCUT2D eigenvalue weighted by Crippen LogP contribution is 2.34. The Bertz CT molecular complexity index is 640. The molecule has 0 radical (unpaired) electrons. The van der Waals surface area contributed by atoms with Crippen LogP contribution in [0, 0.1) is 0 Å². The van der Waals surface area contributed by atoms with Crippen molar-refractivity contribution in [1.29, 1.82) is 0 Å².